The highest BCUT2D eigenvalue weighted by Gasteiger charge is 2.24. The van der Waals surface area contributed by atoms with Gasteiger partial charge in [0.2, 0.25) is 0 Å². The molecule has 0 unspecified atom stereocenters. The van der Waals surface area contributed by atoms with Crippen LogP contribution in [0.4, 0.5) is 0 Å². The lowest BCUT2D eigenvalue weighted by atomic mass is 10.3. The SMILES string of the molecule is Clc1ccc(Cl)c(OC2CC2)c1. The average molecular weight is 203 g/mol. The van der Waals surface area contributed by atoms with Crippen LogP contribution >= 0.6 is 23.2 Å². The van der Waals surface area contributed by atoms with Gasteiger partial charge < -0.3 is 4.74 Å². The molecule has 1 aromatic carbocycles. The first-order chi connectivity index (χ1) is 5.75. The Morgan fingerprint density at radius 2 is 2.00 bits per heavy atom. The highest BCUT2D eigenvalue weighted by Crippen LogP contribution is 2.33. The topological polar surface area (TPSA) is 9.23 Å². The molecule has 1 saturated carbocycles. The minimum absolute atomic E-state index is 0.362. The van der Waals surface area contributed by atoms with Gasteiger partial charge in [-0.15, -0.1) is 0 Å². The van der Waals surface area contributed by atoms with Crippen LogP contribution in [0.2, 0.25) is 10.0 Å². The number of hydrogen-bond donors (Lipinski definition) is 0. The number of hydrogen-bond acceptors (Lipinski definition) is 1. The molecule has 3 heteroatoms. The van der Waals surface area contributed by atoms with Gasteiger partial charge in [0.05, 0.1) is 11.1 Å². The Morgan fingerprint density at radius 3 is 2.67 bits per heavy atom. The second-order valence-corrected chi connectivity index (χ2v) is 3.74. The predicted octanol–water partition coefficient (Wildman–Crippen LogP) is 3.53. The normalized spacial score (nSPS) is 16.2. The lowest BCUT2D eigenvalue weighted by Crippen LogP contribution is -1.95. The van der Waals surface area contributed by atoms with Crippen LogP contribution in [-0.2, 0) is 0 Å². The molecule has 0 aliphatic heterocycles. The maximum atomic E-state index is 5.88. The summed E-state index contributed by atoms with van der Waals surface area (Å²) in [6.07, 6.45) is 2.62. The van der Waals surface area contributed by atoms with Gasteiger partial charge in [0.1, 0.15) is 5.75 Å². The van der Waals surface area contributed by atoms with Crippen LogP contribution in [0.1, 0.15) is 12.8 Å². The van der Waals surface area contributed by atoms with Crippen molar-refractivity contribution >= 4 is 23.2 Å². The number of halogens is 2. The van der Waals surface area contributed by atoms with Crippen molar-refractivity contribution < 1.29 is 4.74 Å². The second kappa shape index (κ2) is 3.15. The Kier molecular flexibility index (Phi) is 2.16. The predicted molar refractivity (Wildman–Crippen MR) is 50.1 cm³/mol. The van der Waals surface area contributed by atoms with Crippen molar-refractivity contribution in [3.05, 3.63) is 28.2 Å². The van der Waals surface area contributed by atoms with E-state index in [4.69, 9.17) is 27.9 Å². The second-order valence-electron chi connectivity index (χ2n) is 2.89. The Balaban J connectivity index is 2.21. The first-order valence-corrected chi connectivity index (χ1v) is 4.63. The van der Waals surface area contributed by atoms with E-state index in [0.717, 1.165) is 12.8 Å². The third kappa shape index (κ3) is 1.85. The molecule has 1 nitrogen and oxygen atoms in total. The van der Waals surface area contributed by atoms with Gasteiger partial charge in [0.25, 0.3) is 0 Å². The molecule has 1 fully saturated rings. The van der Waals surface area contributed by atoms with Gasteiger partial charge in [-0.05, 0) is 25.0 Å². The molecule has 0 atom stereocenters. The molecular formula is C9H8Cl2O. The van der Waals surface area contributed by atoms with Crippen LogP contribution in [-0.4, -0.2) is 6.10 Å². The fourth-order valence-electron chi connectivity index (χ4n) is 0.933. The molecule has 0 radical (unpaired) electrons. The summed E-state index contributed by atoms with van der Waals surface area (Å²) >= 11 is 11.7. The Labute approximate surface area is 81.2 Å². The minimum Gasteiger partial charge on any atom is -0.489 e. The van der Waals surface area contributed by atoms with Gasteiger partial charge in [0, 0.05) is 11.1 Å². The molecule has 2 rings (SSSR count). The number of rotatable bonds is 2. The molecule has 1 aliphatic carbocycles. The molecule has 0 amide bonds. The zero-order valence-electron chi connectivity index (χ0n) is 6.39. The van der Waals surface area contributed by atoms with E-state index in [1.165, 1.54) is 0 Å². The lowest BCUT2D eigenvalue weighted by Gasteiger charge is -2.05. The van der Waals surface area contributed by atoms with Crippen molar-refractivity contribution in [3.8, 4) is 5.75 Å². The molecular weight excluding hydrogens is 195 g/mol. The molecule has 0 N–H and O–H groups in total. The van der Waals surface area contributed by atoms with Gasteiger partial charge in [-0.3, -0.25) is 0 Å². The highest BCUT2D eigenvalue weighted by atomic mass is 35.5. The largest absolute Gasteiger partial charge is 0.489 e. The van der Waals surface area contributed by atoms with Gasteiger partial charge in [-0.1, -0.05) is 23.2 Å². The molecule has 1 aromatic rings. The minimum atomic E-state index is 0.362. The van der Waals surface area contributed by atoms with Gasteiger partial charge in [-0.2, -0.15) is 0 Å². The molecule has 0 heterocycles. The Morgan fingerprint density at radius 1 is 1.25 bits per heavy atom. The molecule has 12 heavy (non-hydrogen) atoms. The standard InChI is InChI=1S/C9H8Cl2O/c10-6-1-4-8(11)9(5-6)12-7-2-3-7/h1,4-5,7H,2-3H2. The Bertz CT molecular complexity index is 295. The monoisotopic (exact) mass is 202 g/mol. The summed E-state index contributed by atoms with van der Waals surface area (Å²) in [7, 11) is 0. The summed E-state index contributed by atoms with van der Waals surface area (Å²) in [5, 5.41) is 1.29. The smallest absolute Gasteiger partial charge is 0.139 e. The van der Waals surface area contributed by atoms with Crippen molar-refractivity contribution in [3.63, 3.8) is 0 Å². The first-order valence-electron chi connectivity index (χ1n) is 3.87. The Hall–Kier alpha value is -0.400. The maximum absolute atomic E-state index is 5.88. The van der Waals surface area contributed by atoms with Crippen molar-refractivity contribution in [1.29, 1.82) is 0 Å². The molecule has 0 saturated heterocycles. The van der Waals surface area contributed by atoms with Crippen molar-refractivity contribution in [1.82, 2.24) is 0 Å². The van der Waals surface area contributed by atoms with Crippen molar-refractivity contribution in [2.24, 2.45) is 0 Å². The van der Waals surface area contributed by atoms with E-state index in [9.17, 15) is 0 Å². The fraction of sp³-hybridized carbons (Fsp3) is 0.333. The summed E-state index contributed by atoms with van der Waals surface area (Å²) in [5.41, 5.74) is 0. The lowest BCUT2D eigenvalue weighted by molar-refractivity contribution is 0.303. The third-order valence-electron chi connectivity index (χ3n) is 1.71. The van der Waals surface area contributed by atoms with Crippen molar-refractivity contribution in [2.45, 2.75) is 18.9 Å². The quantitative estimate of drug-likeness (QED) is 0.714. The van der Waals surface area contributed by atoms with E-state index in [1.54, 1.807) is 18.2 Å². The maximum Gasteiger partial charge on any atom is 0.139 e. The van der Waals surface area contributed by atoms with Crippen LogP contribution in [0.25, 0.3) is 0 Å². The molecule has 0 spiro atoms. The summed E-state index contributed by atoms with van der Waals surface area (Å²) in [5.74, 6) is 0.701. The summed E-state index contributed by atoms with van der Waals surface area (Å²) in [6, 6.07) is 5.26. The summed E-state index contributed by atoms with van der Waals surface area (Å²) in [4.78, 5) is 0. The van der Waals surface area contributed by atoms with Crippen LogP contribution in [0.3, 0.4) is 0 Å². The zero-order chi connectivity index (χ0) is 8.55. The van der Waals surface area contributed by atoms with E-state index in [1.807, 2.05) is 0 Å². The van der Waals surface area contributed by atoms with E-state index >= 15 is 0 Å². The third-order valence-corrected chi connectivity index (χ3v) is 2.26. The highest BCUT2D eigenvalue weighted by molar-refractivity contribution is 6.34. The van der Waals surface area contributed by atoms with Crippen molar-refractivity contribution in [2.75, 3.05) is 0 Å². The van der Waals surface area contributed by atoms with E-state index in [-0.39, 0.29) is 0 Å². The molecule has 64 valence electrons. The van der Waals surface area contributed by atoms with Crippen LogP contribution in [0, 0.1) is 0 Å². The van der Waals surface area contributed by atoms with Gasteiger partial charge in [0.15, 0.2) is 0 Å². The van der Waals surface area contributed by atoms with Gasteiger partial charge >= 0.3 is 0 Å². The van der Waals surface area contributed by atoms with Crippen LogP contribution in [0.15, 0.2) is 18.2 Å². The van der Waals surface area contributed by atoms with E-state index in [0.29, 0.717) is 21.9 Å². The number of benzene rings is 1. The van der Waals surface area contributed by atoms with E-state index in [2.05, 4.69) is 0 Å². The zero-order valence-corrected chi connectivity index (χ0v) is 7.90. The van der Waals surface area contributed by atoms with Crippen LogP contribution in [0.5, 0.6) is 5.75 Å². The molecule has 0 aromatic heterocycles. The fourth-order valence-corrected chi connectivity index (χ4v) is 1.26. The average Bonchev–Trinajstić information content (AvgIpc) is 2.81. The number of ether oxygens (including phenoxy) is 1. The molecule has 1 aliphatic rings. The van der Waals surface area contributed by atoms with E-state index < -0.39 is 0 Å². The van der Waals surface area contributed by atoms with Gasteiger partial charge in [-0.25, -0.2) is 0 Å². The van der Waals surface area contributed by atoms with Crippen LogP contribution < -0.4 is 4.74 Å². The summed E-state index contributed by atoms with van der Waals surface area (Å²) < 4.78 is 5.52. The molecule has 0 bridgehead atoms. The first kappa shape index (κ1) is 8.21. The summed E-state index contributed by atoms with van der Waals surface area (Å²) in [6.45, 7) is 0.